The molecule has 2 aromatic rings. The molecule has 1 N–H and O–H groups in total. The molecule has 0 aliphatic carbocycles. The molecule has 1 amide bonds. The summed E-state index contributed by atoms with van der Waals surface area (Å²) in [7, 11) is 0. The molecule has 2 rings (SSSR count). The van der Waals surface area contributed by atoms with Crippen LogP contribution < -0.4 is 0 Å². The monoisotopic (exact) mass is 287 g/mol. The van der Waals surface area contributed by atoms with Crippen LogP contribution in [0.5, 0.6) is 0 Å². The van der Waals surface area contributed by atoms with Crippen LogP contribution in [0.3, 0.4) is 0 Å². The van der Waals surface area contributed by atoms with E-state index in [9.17, 15) is 9.90 Å². The Balaban J connectivity index is 2.22. The summed E-state index contributed by atoms with van der Waals surface area (Å²) in [5.74, 6) is -0.118. The summed E-state index contributed by atoms with van der Waals surface area (Å²) in [5, 5.41) is 13.8. The minimum absolute atomic E-state index is 0.0205. The van der Waals surface area contributed by atoms with Gasteiger partial charge in [0.05, 0.1) is 23.6 Å². The van der Waals surface area contributed by atoms with E-state index in [0.717, 1.165) is 5.69 Å². The molecule has 1 atom stereocenters. The van der Waals surface area contributed by atoms with Gasteiger partial charge in [0.25, 0.3) is 5.91 Å². The van der Waals surface area contributed by atoms with E-state index >= 15 is 0 Å². The lowest BCUT2D eigenvalue weighted by atomic mass is 10.2. The number of carbonyl (C=O) groups is 1. The molecule has 0 radical (unpaired) electrons. The third-order valence-electron chi connectivity index (χ3n) is 3.20. The fourth-order valence-electron chi connectivity index (χ4n) is 2.13. The Morgan fingerprint density at radius 3 is 2.52 bits per heavy atom. The lowest BCUT2D eigenvalue weighted by molar-refractivity contribution is 0.0579. The predicted octanol–water partition coefficient (Wildman–Crippen LogP) is 2.10. The van der Waals surface area contributed by atoms with Crippen molar-refractivity contribution in [3.8, 4) is 5.69 Å². The van der Waals surface area contributed by atoms with Crippen LogP contribution in [0.25, 0.3) is 5.69 Å². The van der Waals surface area contributed by atoms with Gasteiger partial charge in [-0.25, -0.2) is 4.68 Å². The zero-order chi connectivity index (χ0) is 15.4. The van der Waals surface area contributed by atoms with Crippen LogP contribution in [0.1, 0.15) is 31.1 Å². The van der Waals surface area contributed by atoms with Crippen molar-refractivity contribution in [3.63, 3.8) is 0 Å². The maximum atomic E-state index is 12.5. The highest BCUT2D eigenvalue weighted by Crippen LogP contribution is 2.12. The first-order valence-corrected chi connectivity index (χ1v) is 7.08. The number of aliphatic hydroxyl groups is 1. The summed E-state index contributed by atoms with van der Waals surface area (Å²) in [6, 6.07) is 9.65. The zero-order valence-corrected chi connectivity index (χ0v) is 12.6. The third-order valence-corrected chi connectivity index (χ3v) is 3.20. The molecule has 5 heteroatoms. The lowest BCUT2D eigenvalue weighted by Crippen LogP contribution is -2.41. The van der Waals surface area contributed by atoms with Gasteiger partial charge >= 0.3 is 0 Å². The Morgan fingerprint density at radius 2 is 1.95 bits per heavy atom. The highest BCUT2D eigenvalue weighted by atomic mass is 16.3. The van der Waals surface area contributed by atoms with Crippen molar-refractivity contribution in [1.82, 2.24) is 14.7 Å². The zero-order valence-electron chi connectivity index (χ0n) is 12.6. The van der Waals surface area contributed by atoms with Crippen LogP contribution in [-0.2, 0) is 0 Å². The first kappa shape index (κ1) is 15.3. The Bertz CT molecular complexity index is 591. The normalized spacial score (nSPS) is 12.4. The van der Waals surface area contributed by atoms with Crippen LogP contribution in [0, 0.1) is 0 Å². The van der Waals surface area contributed by atoms with Crippen molar-refractivity contribution in [2.45, 2.75) is 32.9 Å². The molecule has 0 saturated carbocycles. The molecule has 1 heterocycles. The number of hydrogen-bond acceptors (Lipinski definition) is 3. The molecule has 0 aliphatic heterocycles. The Labute approximate surface area is 124 Å². The molecule has 5 nitrogen and oxygen atoms in total. The topological polar surface area (TPSA) is 58.4 Å². The quantitative estimate of drug-likeness (QED) is 0.916. The standard InChI is InChI=1S/C16H21N3O2/c1-12(2)18(10-13(3)20)16(21)14-9-17-19(11-14)15-7-5-4-6-8-15/h4-9,11-13,20H,10H2,1-3H3. The van der Waals surface area contributed by atoms with E-state index < -0.39 is 6.10 Å². The fourth-order valence-corrected chi connectivity index (χ4v) is 2.13. The number of amides is 1. The highest BCUT2D eigenvalue weighted by molar-refractivity contribution is 5.94. The Kier molecular flexibility index (Phi) is 4.75. The van der Waals surface area contributed by atoms with Crippen molar-refractivity contribution >= 4 is 5.91 Å². The second kappa shape index (κ2) is 6.54. The molecule has 0 spiro atoms. The number of aliphatic hydroxyl groups excluding tert-OH is 1. The minimum atomic E-state index is -0.555. The molecule has 0 fully saturated rings. The van der Waals surface area contributed by atoms with Gasteiger partial charge in [0.15, 0.2) is 0 Å². The molecule has 1 unspecified atom stereocenters. The van der Waals surface area contributed by atoms with E-state index in [-0.39, 0.29) is 11.9 Å². The predicted molar refractivity (Wildman–Crippen MR) is 81.4 cm³/mol. The van der Waals surface area contributed by atoms with Crippen LogP contribution in [0.2, 0.25) is 0 Å². The van der Waals surface area contributed by atoms with Gasteiger partial charge in [0, 0.05) is 18.8 Å². The van der Waals surface area contributed by atoms with Gasteiger partial charge in [0.2, 0.25) is 0 Å². The SMILES string of the molecule is CC(O)CN(C(=O)c1cnn(-c2ccccc2)c1)C(C)C. The molecule has 21 heavy (non-hydrogen) atoms. The summed E-state index contributed by atoms with van der Waals surface area (Å²) >= 11 is 0. The molecular weight excluding hydrogens is 266 g/mol. The highest BCUT2D eigenvalue weighted by Gasteiger charge is 2.21. The van der Waals surface area contributed by atoms with Gasteiger partial charge in [-0.05, 0) is 32.9 Å². The number of benzene rings is 1. The number of nitrogens with zero attached hydrogens (tertiary/aromatic N) is 3. The summed E-state index contributed by atoms with van der Waals surface area (Å²) in [6.45, 7) is 5.85. The van der Waals surface area contributed by atoms with Gasteiger partial charge in [-0.1, -0.05) is 18.2 Å². The smallest absolute Gasteiger partial charge is 0.257 e. The van der Waals surface area contributed by atoms with Gasteiger partial charge in [-0.3, -0.25) is 4.79 Å². The van der Waals surface area contributed by atoms with Crippen LogP contribution in [-0.4, -0.2) is 44.4 Å². The number of hydrogen-bond donors (Lipinski definition) is 1. The van der Waals surface area contributed by atoms with Crippen molar-refractivity contribution in [1.29, 1.82) is 0 Å². The largest absolute Gasteiger partial charge is 0.392 e. The van der Waals surface area contributed by atoms with E-state index in [0.29, 0.717) is 12.1 Å². The van der Waals surface area contributed by atoms with Gasteiger partial charge < -0.3 is 10.0 Å². The van der Waals surface area contributed by atoms with Crippen molar-refractivity contribution < 1.29 is 9.90 Å². The maximum absolute atomic E-state index is 12.5. The first-order chi connectivity index (χ1) is 9.99. The average Bonchev–Trinajstić information content (AvgIpc) is 2.94. The number of carbonyl (C=O) groups excluding carboxylic acids is 1. The van der Waals surface area contributed by atoms with Crippen LogP contribution in [0.15, 0.2) is 42.7 Å². The van der Waals surface area contributed by atoms with Crippen molar-refractivity contribution in [3.05, 3.63) is 48.3 Å². The maximum Gasteiger partial charge on any atom is 0.257 e. The third kappa shape index (κ3) is 3.70. The van der Waals surface area contributed by atoms with E-state index in [1.807, 2.05) is 44.2 Å². The summed E-state index contributed by atoms with van der Waals surface area (Å²) in [5.41, 5.74) is 1.43. The molecule has 1 aromatic carbocycles. The van der Waals surface area contributed by atoms with E-state index in [1.54, 1.807) is 28.9 Å². The molecule has 0 aliphatic rings. The number of para-hydroxylation sites is 1. The minimum Gasteiger partial charge on any atom is -0.392 e. The van der Waals surface area contributed by atoms with Crippen LogP contribution >= 0.6 is 0 Å². The molecule has 1 aromatic heterocycles. The van der Waals surface area contributed by atoms with E-state index in [1.165, 1.54) is 0 Å². The van der Waals surface area contributed by atoms with Crippen molar-refractivity contribution in [2.24, 2.45) is 0 Å². The van der Waals surface area contributed by atoms with E-state index in [4.69, 9.17) is 0 Å². The number of aromatic nitrogens is 2. The molecule has 112 valence electrons. The summed E-state index contributed by atoms with van der Waals surface area (Å²) in [6.07, 6.45) is 2.72. The Hall–Kier alpha value is -2.14. The second-order valence-corrected chi connectivity index (χ2v) is 5.41. The van der Waals surface area contributed by atoms with E-state index in [2.05, 4.69) is 5.10 Å². The van der Waals surface area contributed by atoms with Crippen molar-refractivity contribution in [2.75, 3.05) is 6.54 Å². The Morgan fingerprint density at radius 1 is 1.29 bits per heavy atom. The molecular formula is C16H21N3O2. The van der Waals surface area contributed by atoms with Gasteiger partial charge in [-0.15, -0.1) is 0 Å². The lowest BCUT2D eigenvalue weighted by Gasteiger charge is -2.27. The second-order valence-electron chi connectivity index (χ2n) is 5.41. The summed E-state index contributed by atoms with van der Waals surface area (Å²) < 4.78 is 1.67. The molecule has 0 bridgehead atoms. The summed E-state index contributed by atoms with van der Waals surface area (Å²) in [4.78, 5) is 14.2. The first-order valence-electron chi connectivity index (χ1n) is 7.08. The molecule has 0 saturated heterocycles. The number of rotatable bonds is 5. The fraction of sp³-hybridized carbons (Fsp3) is 0.375. The van der Waals surface area contributed by atoms with Crippen LogP contribution in [0.4, 0.5) is 0 Å². The average molecular weight is 287 g/mol. The van der Waals surface area contributed by atoms with Gasteiger partial charge in [-0.2, -0.15) is 5.10 Å². The van der Waals surface area contributed by atoms with Gasteiger partial charge in [0.1, 0.15) is 0 Å².